The molecular formula is C22H23N3O2S. The van der Waals surface area contributed by atoms with Gasteiger partial charge < -0.3 is 19.7 Å². The van der Waals surface area contributed by atoms with E-state index >= 15 is 0 Å². The van der Waals surface area contributed by atoms with Crippen molar-refractivity contribution in [2.24, 2.45) is 0 Å². The van der Waals surface area contributed by atoms with Crippen LogP contribution in [0.4, 0.5) is 5.69 Å². The minimum Gasteiger partial charge on any atom is -0.454 e. The van der Waals surface area contributed by atoms with Crippen molar-refractivity contribution in [2.75, 3.05) is 24.8 Å². The maximum absolute atomic E-state index is 5.53. The zero-order valence-corrected chi connectivity index (χ0v) is 16.4. The van der Waals surface area contributed by atoms with Gasteiger partial charge in [0, 0.05) is 42.5 Å². The van der Waals surface area contributed by atoms with Gasteiger partial charge in [-0.15, -0.1) is 11.3 Å². The second-order valence-corrected chi connectivity index (χ2v) is 8.11. The molecule has 0 bridgehead atoms. The van der Waals surface area contributed by atoms with E-state index < -0.39 is 0 Å². The van der Waals surface area contributed by atoms with Crippen molar-refractivity contribution in [3.8, 4) is 11.5 Å². The number of hydrogen-bond acceptors (Lipinski definition) is 6. The lowest BCUT2D eigenvalue weighted by molar-refractivity contribution is 0.174. The van der Waals surface area contributed by atoms with Crippen molar-refractivity contribution in [1.29, 1.82) is 0 Å². The molecule has 1 saturated heterocycles. The molecule has 1 atom stereocenters. The average molecular weight is 394 g/mol. The van der Waals surface area contributed by atoms with Gasteiger partial charge in [0.2, 0.25) is 6.79 Å². The summed E-state index contributed by atoms with van der Waals surface area (Å²) in [5.74, 6) is 1.69. The zero-order valence-electron chi connectivity index (χ0n) is 15.6. The number of thiazole rings is 1. The Balaban J connectivity index is 1.26. The predicted molar refractivity (Wildman–Crippen MR) is 111 cm³/mol. The summed E-state index contributed by atoms with van der Waals surface area (Å²) >= 11 is 1.71. The molecule has 0 saturated carbocycles. The summed E-state index contributed by atoms with van der Waals surface area (Å²) in [4.78, 5) is 7.01. The number of hydrogen-bond donors (Lipinski definition) is 1. The number of rotatable bonds is 5. The topological polar surface area (TPSA) is 46.6 Å². The molecule has 5 nitrogen and oxygen atoms in total. The first-order valence-electron chi connectivity index (χ1n) is 9.72. The summed E-state index contributed by atoms with van der Waals surface area (Å²) in [6, 6.07) is 17.5. The number of fused-ring (bicyclic) bond motifs is 1. The third-order valence-electron chi connectivity index (χ3n) is 5.45. The Bertz CT molecular complexity index is 909. The van der Waals surface area contributed by atoms with Crippen LogP contribution in [-0.4, -0.2) is 30.9 Å². The third-order valence-corrected chi connectivity index (χ3v) is 6.29. The summed E-state index contributed by atoms with van der Waals surface area (Å²) in [7, 11) is 0. The molecule has 144 valence electrons. The van der Waals surface area contributed by atoms with Crippen LogP contribution in [0.5, 0.6) is 11.5 Å². The summed E-state index contributed by atoms with van der Waals surface area (Å²) in [5.41, 5.74) is 2.48. The Labute approximate surface area is 168 Å². The van der Waals surface area contributed by atoms with Crippen molar-refractivity contribution in [3.63, 3.8) is 0 Å². The molecule has 28 heavy (non-hydrogen) atoms. The van der Waals surface area contributed by atoms with E-state index in [4.69, 9.17) is 9.47 Å². The number of aromatic nitrogens is 1. The summed E-state index contributed by atoms with van der Waals surface area (Å²) in [6.07, 6.45) is 4.09. The molecule has 2 aliphatic rings. The van der Waals surface area contributed by atoms with Crippen LogP contribution in [0.15, 0.2) is 60.1 Å². The fourth-order valence-corrected chi connectivity index (χ4v) is 4.68. The number of benzene rings is 2. The van der Waals surface area contributed by atoms with Crippen LogP contribution in [0.25, 0.3) is 0 Å². The number of piperidine rings is 1. The maximum Gasteiger partial charge on any atom is 0.231 e. The van der Waals surface area contributed by atoms with Crippen LogP contribution in [0.1, 0.15) is 29.5 Å². The first-order chi connectivity index (χ1) is 13.9. The Morgan fingerprint density at radius 3 is 2.64 bits per heavy atom. The summed E-state index contributed by atoms with van der Waals surface area (Å²) < 4.78 is 11.0. The van der Waals surface area contributed by atoms with E-state index in [1.165, 1.54) is 11.3 Å². The molecule has 1 aromatic heterocycles. The molecular weight excluding hydrogens is 370 g/mol. The van der Waals surface area contributed by atoms with E-state index in [-0.39, 0.29) is 6.04 Å². The predicted octanol–water partition coefficient (Wildman–Crippen LogP) is 4.22. The molecule has 2 aromatic carbocycles. The Hall–Kier alpha value is -2.57. The molecule has 0 radical (unpaired) electrons. The smallest absolute Gasteiger partial charge is 0.231 e. The van der Waals surface area contributed by atoms with Crippen molar-refractivity contribution in [3.05, 3.63) is 70.7 Å². The van der Waals surface area contributed by atoms with Crippen molar-refractivity contribution < 1.29 is 9.47 Å². The molecule has 0 amide bonds. The third kappa shape index (κ3) is 3.57. The second kappa shape index (κ2) is 7.81. The van der Waals surface area contributed by atoms with Gasteiger partial charge in [-0.25, -0.2) is 4.98 Å². The quantitative estimate of drug-likeness (QED) is 0.703. The number of nitrogens with zero attached hydrogens (tertiary/aromatic N) is 2. The highest BCUT2D eigenvalue weighted by Gasteiger charge is 2.25. The van der Waals surface area contributed by atoms with Crippen molar-refractivity contribution >= 4 is 17.0 Å². The molecule has 1 N–H and O–H groups in total. The fourth-order valence-electron chi connectivity index (χ4n) is 3.95. The van der Waals surface area contributed by atoms with Crippen LogP contribution < -0.4 is 19.7 Å². The molecule has 3 aromatic rings. The van der Waals surface area contributed by atoms with Gasteiger partial charge in [0.25, 0.3) is 0 Å². The van der Waals surface area contributed by atoms with Gasteiger partial charge in [0.15, 0.2) is 11.5 Å². The van der Waals surface area contributed by atoms with E-state index in [2.05, 4.69) is 63.0 Å². The minimum absolute atomic E-state index is 0.156. The molecule has 0 spiro atoms. The van der Waals surface area contributed by atoms with E-state index in [0.29, 0.717) is 12.8 Å². The van der Waals surface area contributed by atoms with Gasteiger partial charge in [0.05, 0.1) is 6.04 Å². The maximum atomic E-state index is 5.53. The monoisotopic (exact) mass is 393 g/mol. The average Bonchev–Trinajstić information content (AvgIpc) is 3.44. The Kier molecular flexibility index (Phi) is 4.89. The number of anilines is 1. The van der Waals surface area contributed by atoms with Gasteiger partial charge in [-0.2, -0.15) is 0 Å². The van der Waals surface area contributed by atoms with Gasteiger partial charge in [-0.3, -0.25) is 0 Å². The number of ether oxygens (including phenoxy) is 2. The highest BCUT2D eigenvalue weighted by atomic mass is 32.1. The highest BCUT2D eigenvalue weighted by Crippen LogP contribution is 2.36. The van der Waals surface area contributed by atoms with Crippen LogP contribution in [0, 0.1) is 0 Å². The van der Waals surface area contributed by atoms with Gasteiger partial charge in [-0.1, -0.05) is 30.3 Å². The molecule has 0 aliphatic carbocycles. The molecule has 6 heteroatoms. The lowest BCUT2D eigenvalue weighted by atomic mass is 10.0. The molecule has 2 aliphatic heterocycles. The molecule has 1 fully saturated rings. The zero-order chi connectivity index (χ0) is 18.8. The normalized spacial score (nSPS) is 17.6. The van der Waals surface area contributed by atoms with Gasteiger partial charge >= 0.3 is 0 Å². The SMILES string of the molecule is c1ccc(C(NC2CCN(c3ccc4c(c3)OCO4)CC2)c2nccs2)cc1. The van der Waals surface area contributed by atoms with Crippen LogP contribution >= 0.6 is 11.3 Å². The standard InChI is InChI=1S/C22H23N3O2S/c1-2-4-16(5-3-1)21(22-23-10-13-28-22)24-17-8-11-25(12-9-17)18-6-7-19-20(14-18)27-15-26-19/h1-7,10,13-14,17,21,24H,8-9,11-12,15H2. The summed E-state index contributed by atoms with van der Waals surface area (Å²) in [5, 5.41) is 7.04. The van der Waals surface area contributed by atoms with Crippen molar-refractivity contribution in [1.82, 2.24) is 10.3 Å². The van der Waals surface area contributed by atoms with Crippen LogP contribution in [0.2, 0.25) is 0 Å². The lowest BCUT2D eigenvalue weighted by Crippen LogP contribution is -2.44. The van der Waals surface area contributed by atoms with Crippen LogP contribution in [0.3, 0.4) is 0 Å². The van der Waals surface area contributed by atoms with E-state index in [1.54, 1.807) is 11.3 Å². The second-order valence-electron chi connectivity index (χ2n) is 7.18. The molecule has 5 rings (SSSR count). The minimum atomic E-state index is 0.156. The fraction of sp³-hybridized carbons (Fsp3) is 0.318. The van der Waals surface area contributed by atoms with E-state index in [0.717, 1.165) is 42.4 Å². The molecule has 1 unspecified atom stereocenters. The van der Waals surface area contributed by atoms with E-state index in [9.17, 15) is 0 Å². The number of nitrogens with one attached hydrogen (secondary N) is 1. The highest BCUT2D eigenvalue weighted by molar-refractivity contribution is 7.09. The summed E-state index contributed by atoms with van der Waals surface area (Å²) in [6.45, 7) is 2.37. The lowest BCUT2D eigenvalue weighted by Gasteiger charge is -2.35. The molecule has 3 heterocycles. The Morgan fingerprint density at radius 1 is 1.04 bits per heavy atom. The van der Waals surface area contributed by atoms with Crippen LogP contribution in [-0.2, 0) is 0 Å². The Morgan fingerprint density at radius 2 is 1.86 bits per heavy atom. The van der Waals surface area contributed by atoms with E-state index in [1.807, 2.05) is 12.3 Å². The largest absolute Gasteiger partial charge is 0.454 e. The van der Waals surface area contributed by atoms with Gasteiger partial charge in [0.1, 0.15) is 5.01 Å². The van der Waals surface area contributed by atoms with Gasteiger partial charge in [-0.05, 0) is 30.5 Å². The first-order valence-corrected chi connectivity index (χ1v) is 10.6. The van der Waals surface area contributed by atoms with Crippen molar-refractivity contribution in [2.45, 2.75) is 24.9 Å². The first kappa shape index (κ1) is 17.5.